The molecule has 0 spiro atoms. The highest BCUT2D eigenvalue weighted by molar-refractivity contribution is 7.10. The van der Waals surface area contributed by atoms with Crippen LogP contribution < -0.4 is 10.1 Å². The van der Waals surface area contributed by atoms with Crippen LogP contribution >= 0.6 is 11.3 Å². The molecule has 2 heterocycles. The lowest BCUT2D eigenvalue weighted by atomic mass is 10.2. The predicted molar refractivity (Wildman–Crippen MR) is 106 cm³/mol. The van der Waals surface area contributed by atoms with Crippen molar-refractivity contribution < 1.29 is 9.53 Å². The van der Waals surface area contributed by atoms with Gasteiger partial charge in [0.2, 0.25) is 5.91 Å². The van der Waals surface area contributed by atoms with Gasteiger partial charge in [0.25, 0.3) is 0 Å². The number of likely N-dealkylation sites (tertiary alicyclic amines) is 1. The molecule has 1 N–H and O–H groups in total. The third kappa shape index (κ3) is 4.04. The summed E-state index contributed by atoms with van der Waals surface area (Å²) in [6.45, 7) is 1.18. The topological polar surface area (TPSA) is 41.6 Å². The first-order valence-corrected chi connectivity index (χ1v) is 10.5. The smallest absolute Gasteiger partial charge is 0.242 e. The number of carbonyl (C=O) groups excluding carboxylic acids is 1. The zero-order valence-electron chi connectivity index (χ0n) is 15.0. The zero-order chi connectivity index (χ0) is 17.8. The molecule has 4 nitrogen and oxygen atoms in total. The number of thiophene rings is 1. The molecule has 1 unspecified atom stereocenters. The van der Waals surface area contributed by atoms with Gasteiger partial charge in [0, 0.05) is 23.2 Å². The van der Waals surface area contributed by atoms with Crippen LogP contribution in [0, 0.1) is 0 Å². The van der Waals surface area contributed by atoms with Gasteiger partial charge < -0.3 is 15.0 Å². The van der Waals surface area contributed by atoms with Gasteiger partial charge in [-0.25, -0.2) is 0 Å². The van der Waals surface area contributed by atoms with E-state index in [1.165, 1.54) is 17.7 Å². The van der Waals surface area contributed by atoms with Gasteiger partial charge in [-0.3, -0.25) is 4.79 Å². The number of hydrogen-bond donors (Lipinski definition) is 1. The average molecular weight is 371 g/mol. The highest BCUT2D eigenvalue weighted by atomic mass is 32.1. The molecule has 1 aliphatic heterocycles. The Morgan fingerprint density at radius 1 is 1.15 bits per heavy atom. The summed E-state index contributed by atoms with van der Waals surface area (Å²) in [7, 11) is 0. The Labute approximate surface area is 159 Å². The van der Waals surface area contributed by atoms with E-state index in [2.05, 4.69) is 22.8 Å². The monoisotopic (exact) mass is 370 g/mol. The molecule has 26 heavy (non-hydrogen) atoms. The Morgan fingerprint density at radius 2 is 2.04 bits per heavy atom. The van der Waals surface area contributed by atoms with Crippen molar-refractivity contribution >= 4 is 22.9 Å². The van der Waals surface area contributed by atoms with Crippen molar-refractivity contribution in [3.63, 3.8) is 0 Å². The minimum Gasteiger partial charge on any atom is -0.490 e. The third-order valence-corrected chi connectivity index (χ3v) is 6.30. The van der Waals surface area contributed by atoms with Gasteiger partial charge in [-0.2, -0.15) is 0 Å². The highest BCUT2D eigenvalue weighted by Gasteiger charge is 2.30. The van der Waals surface area contributed by atoms with Gasteiger partial charge in [-0.1, -0.05) is 12.1 Å². The first-order chi connectivity index (χ1) is 12.8. The van der Waals surface area contributed by atoms with Crippen LogP contribution in [0.5, 0.6) is 5.75 Å². The number of ether oxygens (including phenoxy) is 1. The minimum atomic E-state index is 0.169. The van der Waals surface area contributed by atoms with E-state index in [4.69, 9.17) is 4.74 Å². The standard InChI is InChI=1S/C21H26N2O2S/c24-21(23-12-4-10-19(23)20-11-5-13-26-20)15-22-16-6-3-9-18(14-16)25-17-7-1-2-8-17/h3,5-6,9,11,13-14,17,19,22H,1-2,4,7-8,10,12,15H2. The lowest BCUT2D eigenvalue weighted by Gasteiger charge is -2.24. The summed E-state index contributed by atoms with van der Waals surface area (Å²) in [5.41, 5.74) is 0.945. The Hall–Kier alpha value is -2.01. The van der Waals surface area contributed by atoms with Gasteiger partial charge in [0.15, 0.2) is 0 Å². The molecule has 1 atom stereocenters. The summed E-state index contributed by atoms with van der Waals surface area (Å²) >= 11 is 1.74. The fourth-order valence-electron chi connectivity index (χ4n) is 4.00. The molecule has 138 valence electrons. The highest BCUT2D eigenvalue weighted by Crippen LogP contribution is 2.34. The summed E-state index contributed by atoms with van der Waals surface area (Å²) in [5.74, 6) is 1.06. The molecular weight excluding hydrogens is 344 g/mol. The third-order valence-electron chi connectivity index (χ3n) is 5.33. The molecule has 1 amide bonds. The maximum Gasteiger partial charge on any atom is 0.242 e. The minimum absolute atomic E-state index is 0.169. The van der Waals surface area contributed by atoms with E-state index in [1.807, 2.05) is 29.2 Å². The fraction of sp³-hybridized carbons (Fsp3) is 0.476. The van der Waals surface area contributed by atoms with Gasteiger partial charge in [0.1, 0.15) is 5.75 Å². The molecule has 2 aromatic rings. The molecule has 1 saturated heterocycles. The van der Waals surface area contributed by atoms with E-state index < -0.39 is 0 Å². The number of nitrogens with one attached hydrogen (secondary N) is 1. The number of anilines is 1. The molecule has 0 radical (unpaired) electrons. The SMILES string of the molecule is O=C(CNc1cccc(OC2CCCC2)c1)N1CCCC1c1cccs1. The van der Waals surface area contributed by atoms with Crippen molar-refractivity contribution in [2.45, 2.75) is 50.7 Å². The van der Waals surface area contributed by atoms with Crippen LogP contribution in [0.1, 0.15) is 49.4 Å². The number of carbonyl (C=O) groups is 1. The second-order valence-corrected chi connectivity index (χ2v) is 8.15. The summed E-state index contributed by atoms with van der Waals surface area (Å²) in [4.78, 5) is 16.0. The quantitative estimate of drug-likeness (QED) is 0.791. The number of hydrogen-bond acceptors (Lipinski definition) is 4. The molecule has 2 aliphatic rings. The van der Waals surface area contributed by atoms with Crippen LogP contribution in [0.4, 0.5) is 5.69 Å². The molecule has 1 aromatic carbocycles. The van der Waals surface area contributed by atoms with E-state index in [9.17, 15) is 4.79 Å². The molecule has 1 aromatic heterocycles. The number of amides is 1. The molecule has 1 aliphatic carbocycles. The molecule has 2 fully saturated rings. The van der Waals surface area contributed by atoms with Crippen molar-refractivity contribution in [1.29, 1.82) is 0 Å². The second-order valence-electron chi connectivity index (χ2n) is 7.17. The van der Waals surface area contributed by atoms with Crippen LogP contribution in [0.25, 0.3) is 0 Å². The van der Waals surface area contributed by atoms with Crippen molar-refractivity contribution in [3.05, 3.63) is 46.7 Å². The number of benzene rings is 1. The molecule has 1 saturated carbocycles. The van der Waals surface area contributed by atoms with Crippen molar-refractivity contribution in [2.24, 2.45) is 0 Å². The lowest BCUT2D eigenvalue weighted by Crippen LogP contribution is -2.34. The largest absolute Gasteiger partial charge is 0.490 e. The summed E-state index contributed by atoms with van der Waals surface area (Å²) in [5, 5.41) is 5.37. The van der Waals surface area contributed by atoms with Crippen LogP contribution in [-0.2, 0) is 4.79 Å². The maximum atomic E-state index is 12.7. The molecule has 4 rings (SSSR count). The fourth-order valence-corrected chi connectivity index (χ4v) is 4.87. The van der Waals surface area contributed by atoms with Gasteiger partial charge in [-0.15, -0.1) is 11.3 Å². The Kier molecular flexibility index (Phi) is 5.44. The van der Waals surface area contributed by atoms with Crippen molar-refractivity contribution in [1.82, 2.24) is 4.90 Å². The van der Waals surface area contributed by atoms with Crippen LogP contribution in [-0.4, -0.2) is 30.0 Å². The van der Waals surface area contributed by atoms with Gasteiger partial charge in [0.05, 0.1) is 18.7 Å². The van der Waals surface area contributed by atoms with E-state index in [1.54, 1.807) is 11.3 Å². The number of rotatable bonds is 6. The molecule has 0 bridgehead atoms. The molecule has 5 heteroatoms. The van der Waals surface area contributed by atoms with E-state index in [0.717, 1.165) is 43.7 Å². The Balaban J connectivity index is 1.34. The van der Waals surface area contributed by atoms with Crippen molar-refractivity contribution in [2.75, 3.05) is 18.4 Å². The first kappa shape index (κ1) is 17.4. The average Bonchev–Trinajstić information content (AvgIpc) is 3.41. The Bertz CT molecular complexity index is 725. The van der Waals surface area contributed by atoms with Crippen LogP contribution in [0.3, 0.4) is 0 Å². The first-order valence-electron chi connectivity index (χ1n) is 9.63. The normalized spacial score (nSPS) is 20.5. The summed E-state index contributed by atoms with van der Waals surface area (Å²) in [6.07, 6.45) is 7.32. The molecular formula is C21H26N2O2S. The zero-order valence-corrected chi connectivity index (χ0v) is 15.8. The lowest BCUT2D eigenvalue weighted by molar-refractivity contribution is -0.130. The van der Waals surface area contributed by atoms with Crippen molar-refractivity contribution in [3.8, 4) is 5.75 Å². The second kappa shape index (κ2) is 8.12. The number of nitrogens with zero attached hydrogens (tertiary/aromatic N) is 1. The van der Waals surface area contributed by atoms with Gasteiger partial charge in [-0.05, 0) is 62.1 Å². The predicted octanol–water partition coefficient (Wildman–Crippen LogP) is 4.85. The van der Waals surface area contributed by atoms with E-state index >= 15 is 0 Å². The summed E-state index contributed by atoms with van der Waals surface area (Å²) < 4.78 is 6.05. The van der Waals surface area contributed by atoms with Crippen LogP contribution in [0.2, 0.25) is 0 Å². The summed E-state index contributed by atoms with van der Waals surface area (Å²) in [6, 6.07) is 12.4. The Morgan fingerprint density at radius 3 is 2.85 bits per heavy atom. The van der Waals surface area contributed by atoms with E-state index in [-0.39, 0.29) is 11.9 Å². The van der Waals surface area contributed by atoms with Gasteiger partial charge >= 0.3 is 0 Å². The van der Waals surface area contributed by atoms with Crippen LogP contribution in [0.15, 0.2) is 41.8 Å². The maximum absolute atomic E-state index is 12.7. The van der Waals surface area contributed by atoms with E-state index in [0.29, 0.717) is 12.6 Å².